The third-order valence-electron chi connectivity index (χ3n) is 2.96. The molecule has 0 aliphatic heterocycles. The van der Waals surface area contributed by atoms with Crippen molar-refractivity contribution < 1.29 is 19.7 Å². The Morgan fingerprint density at radius 1 is 1.54 bits per heavy atom. The summed E-state index contributed by atoms with van der Waals surface area (Å²) in [6.07, 6.45) is 2.92. The van der Waals surface area contributed by atoms with E-state index in [2.05, 4.69) is 31.1 Å². The van der Waals surface area contributed by atoms with Gasteiger partial charge >= 0.3 is 5.97 Å². The Bertz CT molecular complexity index is 776. The molecule has 0 amide bonds. The number of benzene rings is 1. The number of halogens is 1. The molecule has 24 heavy (non-hydrogen) atoms. The quantitative estimate of drug-likeness (QED) is 0.530. The highest BCUT2D eigenvalue weighted by atomic mass is 79.9. The number of carboxylic acid groups (broad SMARTS) is 1. The maximum absolute atomic E-state index is 12.2. The van der Waals surface area contributed by atoms with Crippen LogP contribution in [0, 0.1) is 0 Å². The number of aromatic amines is 1. The van der Waals surface area contributed by atoms with Crippen LogP contribution in [0.5, 0.6) is 11.5 Å². The lowest BCUT2D eigenvalue weighted by Crippen LogP contribution is -2.01. The van der Waals surface area contributed by atoms with Crippen molar-refractivity contribution in [2.24, 2.45) is 0 Å². The Balaban J connectivity index is 2.35. The summed E-state index contributed by atoms with van der Waals surface area (Å²) in [6, 6.07) is 3.06. The average Bonchev–Trinajstić information content (AvgIpc) is 2.97. The molecule has 0 spiro atoms. The van der Waals surface area contributed by atoms with Gasteiger partial charge in [-0.05, 0) is 42.0 Å². The Morgan fingerprint density at radius 3 is 2.92 bits per heavy atom. The lowest BCUT2D eigenvalue weighted by Gasteiger charge is -2.16. The summed E-state index contributed by atoms with van der Waals surface area (Å²) in [4.78, 5) is 15.6. The third kappa shape index (κ3) is 4.51. The van der Waals surface area contributed by atoms with Gasteiger partial charge in [-0.25, -0.2) is 9.78 Å². The first-order valence-corrected chi connectivity index (χ1v) is 8.64. The van der Waals surface area contributed by atoms with Gasteiger partial charge in [-0.2, -0.15) is 0 Å². The van der Waals surface area contributed by atoms with E-state index in [1.54, 1.807) is 0 Å². The molecule has 0 fully saturated rings. The van der Waals surface area contributed by atoms with Crippen molar-refractivity contribution >= 4 is 39.7 Å². The number of rotatable bonds is 7. The number of H-pyrrole nitrogens is 1. The van der Waals surface area contributed by atoms with Crippen LogP contribution in [0.2, 0.25) is 0 Å². The van der Waals surface area contributed by atoms with Crippen molar-refractivity contribution in [3.8, 4) is 11.5 Å². The van der Waals surface area contributed by atoms with Crippen LogP contribution in [-0.2, 0) is 11.2 Å². The van der Waals surface area contributed by atoms with Crippen molar-refractivity contribution in [1.29, 1.82) is 0 Å². The molecule has 0 saturated heterocycles. The molecule has 128 valence electrons. The second-order valence-corrected chi connectivity index (χ2v) is 6.68. The van der Waals surface area contributed by atoms with Crippen LogP contribution in [0.15, 0.2) is 26.7 Å². The number of aromatic nitrogens is 3. The number of methoxy groups -OCH3 is 1. The molecule has 0 radical (unpaired) electrons. The van der Waals surface area contributed by atoms with E-state index >= 15 is 0 Å². The van der Waals surface area contributed by atoms with Crippen molar-refractivity contribution in [3.63, 3.8) is 0 Å². The van der Waals surface area contributed by atoms with Gasteiger partial charge in [0.15, 0.2) is 0 Å². The van der Waals surface area contributed by atoms with E-state index < -0.39 is 5.97 Å². The number of carbonyl (C=O) groups is 1. The molecule has 0 atom stereocenters. The van der Waals surface area contributed by atoms with E-state index in [1.165, 1.54) is 25.3 Å². The molecule has 0 bridgehead atoms. The molecule has 9 heteroatoms. The van der Waals surface area contributed by atoms with Crippen LogP contribution in [0.1, 0.15) is 24.7 Å². The van der Waals surface area contributed by atoms with Crippen molar-refractivity contribution in [1.82, 2.24) is 15.2 Å². The number of nitrogens with one attached hydrogen (secondary N) is 1. The molecular weight excluding hydrogens is 398 g/mol. The number of aliphatic carboxylic acids is 1. The van der Waals surface area contributed by atoms with Crippen LogP contribution in [0.3, 0.4) is 0 Å². The molecule has 2 rings (SSSR count). The number of hydrogen-bond donors (Lipinski definition) is 2. The number of aryl methyl sites for hydroxylation is 1. The first kappa shape index (κ1) is 18.3. The van der Waals surface area contributed by atoms with E-state index in [1.807, 2.05) is 6.92 Å². The van der Waals surface area contributed by atoms with Gasteiger partial charge in [-0.15, -0.1) is 5.10 Å². The minimum Gasteiger partial charge on any atom is -0.870 e. The molecule has 2 aromatic rings. The largest absolute Gasteiger partial charge is 0.870 e. The summed E-state index contributed by atoms with van der Waals surface area (Å²) < 4.78 is 5.62. The fraction of sp³-hybridized carbons (Fsp3) is 0.267. The lowest BCUT2D eigenvalue weighted by molar-refractivity contribution is -0.270. The zero-order chi connectivity index (χ0) is 17.7. The Hall–Kier alpha value is -2.00. The molecule has 0 unspecified atom stereocenters. The third-order valence-corrected chi connectivity index (χ3v) is 4.30. The van der Waals surface area contributed by atoms with E-state index in [4.69, 9.17) is 4.74 Å². The van der Waals surface area contributed by atoms with E-state index in [-0.39, 0.29) is 22.0 Å². The monoisotopic (exact) mass is 412 g/mol. The van der Waals surface area contributed by atoms with Crippen LogP contribution in [-0.4, -0.2) is 33.4 Å². The Kier molecular flexibility index (Phi) is 6.27. The fourth-order valence-electron chi connectivity index (χ4n) is 1.89. The molecule has 1 aromatic heterocycles. The van der Waals surface area contributed by atoms with Gasteiger partial charge in [0.2, 0.25) is 5.16 Å². The van der Waals surface area contributed by atoms with Gasteiger partial charge in [0.1, 0.15) is 16.5 Å². The Labute approximate surface area is 151 Å². The minimum absolute atomic E-state index is 0.0608. The molecule has 0 saturated carbocycles. The van der Waals surface area contributed by atoms with Gasteiger partial charge < -0.3 is 14.9 Å². The van der Waals surface area contributed by atoms with Crippen molar-refractivity contribution in [2.75, 3.05) is 7.11 Å². The summed E-state index contributed by atoms with van der Waals surface area (Å²) >= 11 is 4.15. The highest BCUT2D eigenvalue weighted by molar-refractivity contribution is 9.10. The standard InChI is InChI=1S/C15H16BrN3O4S/c1-3-4-12-17-15(19-18-12)24-11(14(21)22)6-8-5-9(16)7-10(23-2)13(8)20/h5-7,20H,3-4H2,1-2H3,(H,21,22)(H,17,18,19)/p-1/b11-6-. The van der Waals surface area contributed by atoms with Crippen LogP contribution < -0.4 is 9.84 Å². The van der Waals surface area contributed by atoms with E-state index in [0.29, 0.717) is 15.5 Å². The zero-order valence-corrected chi connectivity index (χ0v) is 15.4. The lowest BCUT2D eigenvalue weighted by atomic mass is 10.1. The van der Waals surface area contributed by atoms with Gasteiger partial charge in [0.05, 0.1) is 7.11 Å². The predicted molar refractivity (Wildman–Crippen MR) is 92.0 cm³/mol. The molecule has 1 heterocycles. The summed E-state index contributed by atoms with van der Waals surface area (Å²) in [5.41, 5.74) is 0.204. The SMILES string of the molecule is CCCc1nc(S/C(=C\c2cc(Br)cc(OC)c2[O-])C(=O)O)n[nH]1. The summed E-state index contributed by atoms with van der Waals surface area (Å²) in [7, 11) is 1.38. The topological polar surface area (TPSA) is 111 Å². The fourth-order valence-corrected chi connectivity index (χ4v) is 3.07. The first-order valence-electron chi connectivity index (χ1n) is 7.03. The van der Waals surface area contributed by atoms with E-state index in [0.717, 1.165) is 24.6 Å². The zero-order valence-electron chi connectivity index (χ0n) is 13.0. The second kappa shape index (κ2) is 8.20. The predicted octanol–water partition coefficient (Wildman–Crippen LogP) is 2.82. The van der Waals surface area contributed by atoms with Crippen LogP contribution >= 0.6 is 27.7 Å². The van der Waals surface area contributed by atoms with E-state index in [9.17, 15) is 15.0 Å². The number of thioether (sulfide) groups is 1. The van der Waals surface area contributed by atoms with Crippen molar-refractivity contribution in [2.45, 2.75) is 24.9 Å². The molecule has 1 aromatic carbocycles. The highest BCUT2D eigenvalue weighted by Crippen LogP contribution is 2.35. The summed E-state index contributed by atoms with van der Waals surface area (Å²) in [5.74, 6) is -0.728. The van der Waals surface area contributed by atoms with Gasteiger partial charge in [0, 0.05) is 10.9 Å². The summed E-state index contributed by atoms with van der Waals surface area (Å²) in [5, 5.41) is 28.7. The second-order valence-electron chi connectivity index (χ2n) is 4.76. The normalized spacial score (nSPS) is 11.5. The number of nitrogens with zero attached hydrogens (tertiary/aromatic N) is 2. The Morgan fingerprint density at radius 2 is 2.29 bits per heavy atom. The van der Waals surface area contributed by atoms with Crippen molar-refractivity contribution in [3.05, 3.63) is 32.9 Å². The molecule has 0 aliphatic carbocycles. The maximum atomic E-state index is 12.2. The van der Waals surface area contributed by atoms with Crippen LogP contribution in [0.25, 0.3) is 6.08 Å². The number of carboxylic acids is 1. The smallest absolute Gasteiger partial charge is 0.342 e. The highest BCUT2D eigenvalue weighted by Gasteiger charge is 2.14. The maximum Gasteiger partial charge on any atom is 0.342 e. The minimum atomic E-state index is -1.17. The van der Waals surface area contributed by atoms with Gasteiger partial charge in [-0.1, -0.05) is 28.6 Å². The van der Waals surface area contributed by atoms with Gasteiger partial charge in [-0.3, -0.25) is 5.10 Å². The molecule has 2 N–H and O–H groups in total. The molecule has 0 aliphatic rings. The number of hydrogen-bond acceptors (Lipinski definition) is 6. The van der Waals surface area contributed by atoms with Gasteiger partial charge in [0.25, 0.3) is 0 Å². The van der Waals surface area contributed by atoms with Crippen LogP contribution in [0.4, 0.5) is 0 Å². The molecular formula is C15H15BrN3O4S-. The molecule has 7 nitrogen and oxygen atoms in total. The number of ether oxygens (including phenoxy) is 1. The average molecular weight is 413 g/mol. The first-order chi connectivity index (χ1) is 11.4. The summed E-state index contributed by atoms with van der Waals surface area (Å²) in [6.45, 7) is 2.01.